The highest BCUT2D eigenvalue weighted by Gasteiger charge is 2.34. The molecule has 0 spiro atoms. The van der Waals surface area contributed by atoms with E-state index in [1.807, 2.05) is 0 Å². The fourth-order valence-corrected chi connectivity index (χ4v) is 4.39. The van der Waals surface area contributed by atoms with Crippen molar-refractivity contribution in [1.82, 2.24) is 19.5 Å². The molecule has 0 aliphatic rings. The summed E-state index contributed by atoms with van der Waals surface area (Å²) in [6, 6.07) is 5.63. The Morgan fingerprint density at radius 3 is 2.15 bits per heavy atom. The average Bonchev–Trinajstić information content (AvgIpc) is 3.42. The Morgan fingerprint density at radius 1 is 0.912 bits per heavy atom. The van der Waals surface area contributed by atoms with Crippen molar-refractivity contribution in [3.8, 4) is 27.6 Å². The van der Waals surface area contributed by atoms with Crippen LogP contribution in [0.5, 0.6) is 0 Å². The molecule has 1 aromatic carbocycles. The Kier molecular flexibility index (Phi) is 5.73. The molecule has 3 aromatic heterocycles. The van der Waals surface area contributed by atoms with Crippen LogP contribution in [-0.2, 0) is 22.4 Å². The highest BCUT2D eigenvalue weighted by molar-refractivity contribution is 7.91. The van der Waals surface area contributed by atoms with Crippen LogP contribution in [0.25, 0.3) is 27.6 Å². The van der Waals surface area contributed by atoms with Gasteiger partial charge in [0.15, 0.2) is 4.21 Å². The summed E-state index contributed by atoms with van der Waals surface area (Å²) in [5, 5.41) is 5.20. The number of hydrogen-bond acceptors (Lipinski definition) is 6. The number of halogens is 6. The lowest BCUT2D eigenvalue weighted by Crippen LogP contribution is -2.10. The fraction of sp³-hybridized carbons (Fsp3) is 0.105. The van der Waals surface area contributed by atoms with Crippen LogP contribution in [0.15, 0.2) is 59.3 Å². The zero-order chi connectivity index (χ0) is 24.9. The van der Waals surface area contributed by atoms with Crippen LogP contribution >= 0.6 is 11.3 Å². The maximum Gasteiger partial charge on any atom is 0.433 e. The molecule has 15 heteroatoms. The number of nitrogens with two attached hydrogens (primary N) is 1. The van der Waals surface area contributed by atoms with Gasteiger partial charge in [0.1, 0.15) is 28.5 Å². The molecule has 0 saturated heterocycles. The lowest BCUT2D eigenvalue weighted by molar-refractivity contribution is -0.141. The lowest BCUT2D eigenvalue weighted by Gasteiger charge is -2.13. The second-order valence-electron chi connectivity index (χ2n) is 6.87. The van der Waals surface area contributed by atoms with E-state index < -0.39 is 33.6 Å². The molecule has 34 heavy (non-hydrogen) atoms. The summed E-state index contributed by atoms with van der Waals surface area (Å²) in [5.74, 6) is -0.216. The molecule has 0 amide bonds. The number of sulfonamides is 1. The Labute approximate surface area is 191 Å². The monoisotopic (exact) mass is 519 g/mol. The van der Waals surface area contributed by atoms with Crippen molar-refractivity contribution in [3.05, 3.63) is 66.4 Å². The van der Waals surface area contributed by atoms with Crippen LogP contribution in [-0.4, -0.2) is 27.9 Å². The first kappa shape index (κ1) is 23.8. The third-order valence-corrected chi connectivity index (χ3v) is 6.91. The second kappa shape index (κ2) is 8.18. The van der Waals surface area contributed by atoms with Crippen molar-refractivity contribution in [2.24, 2.45) is 5.14 Å². The molecule has 0 aliphatic heterocycles. The third-order valence-electron chi connectivity index (χ3n) is 4.48. The maximum absolute atomic E-state index is 13.5. The molecule has 178 valence electrons. The summed E-state index contributed by atoms with van der Waals surface area (Å²) in [5.41, 5.74) is -1.97. The molecule has 7 nitrogen and oxygen atoms in total. The first-order chi connectivity index (χ1) is 15.7. The third kappa shape index (κ3) is 4.95. The van der Waals surface area contributed by atoms with Gasteiger partial charge in [-0.05, 0) is 35.4 Å². The van der Waals surface area contributed by atoms with E-state index in [1.54, 1.807) is 0 Å². The number of aromatic nitrogens is 4. The Hall–Kier alpha value is -3.30. The molecule has 2 N–H and O–H groups in total. The molecule has 0 unspecified atom stereocenters. The van der Waals surface area contributed by atoms with E-state index in [0.717, 1.165) is 58.8 Å². The summed E-state index contributed by atoms with van der Waals surface area (Å²) in [6.07, 6.45) is -5.97. The molecule has 0 bridgehead atoms. The van der Waals surface area contributed by atoms with Crippen molar-refractivity contribution in [3.63, 3.8) is 0 Å². The number of primary sulfonamides is 1. The van der Waals surface area contributed by atoms with Gasteiger partial charge in [0.05, 0.1) is 11.8 Å². The van der Waals surface area contributed by atoms with Gasteiger partial charge in [-0.1, -0.05) is 23.5 Å². The van der Waals surface area contributed by atoms with Gasteiger partial charge in [-0.25, -0.2) is 28.5 Å². The number of imidazole rings is 1. The maximum atomic E-state index is 13.5. The Balaban J connectivity index is 1.76. The van der Waals surface area contributed by atoms with Gasteiger partial charge in [-0.3, -0.25) is 4.57 Å². The van der Waals surface area contributed by atoms with Gasteiger partial charge < -0.3 is 0 Å². The van der Waals surface area contributed by atoms with Crippen molar-refractivity contribution < 1.29 is 34.8 Å². The Morgan fingerprint density at radius 2 is 1.59 bits per heavy atom. The summed E-state index contributed by atoms with van der Waals surface area (Å²) in [6.45, 7) is 0. The lowest BCUT2D eigenvalue weighted by atomic mass is 10.0. The zero-order valence-corrected chi connectivity index (χ0v) is 18.1. The van der Waals surface area contributed by atoms with Crippen LogP contribution in [0, 0.1) is 0 Å². The minimum atomic E-state index is -4.83. The van der Waals surface area contributed by atoms with Gasteiger partial charge in [0.25, 0.3) is 0 Å². The number of alkyl halides is 6. The molecule has 4 rings (SSSR count). The highest BCUT2D eigenvalue weighted by Crippen LogP contribution is 2.35. The van der Waals surface area contributed by atoms with E-state index in [0.29, 0.717) is 0 Å². The van der Waals surface area contributed by atoms with Crippen LogP contribution in [0.1, 0.15) is 11.3 Å². The van der Waals surface area contributed by atoms with E-state index >= 15 is 0 Å². The largest absolute Gasteiger partial charge is 0.433 e. The highest BCUT2D eigenvalue weighted by atomic mass is 32.2. The molecular formula is C19H11F6N5O2S2. The van der Waals surface area contributed by atoms with E-state index in [1.165, 1.54) is 12.3 Å². The summed E-state index contributed by atoms with van der Waals surface area (Å²) in [4.78, 5) is 11.5. The van der Waals surface area contributed by atoms with E-state index in [9.17, 15) is 34.8 Å². The minimum Gasteiger partial charge on any atom is -0.290 e. The number of rotatable bonds is 4. The second-order valence-corrected chi connectivity index (χ2v) is 9.69. The Bertz CT molecular complexity index is 1460. The predicted molar refractivity (Wildman–Crippen MR) is 109 cm³/mol. The van der Waals surface area contributed by atoms with Crippen LogP contribution < -0.4 is 5.14 Å². The van der Waals surface area contributed by atoms with Gasteiger partial charge >= 0.3 is 12.4 Å². The number of hydrogen-bond donors (Lipinski definition) is 1. The van der Waals surface area contributed by atoms with Gasteiger partial charge in [0, 0.05) is 6.20 Å². The summed E-state index contributed by atoms with van der Waals surface area (Å²) < 4.78 is 103. The van der Waals surface area contributed by atoms with Crippen molar-refractivity contribution in [2.45, 2.75) is 16.6 Å². The fourth-order valence-electron chi connectivity index (χ4n) is 2.88. The standard InChI is InChI=1S/C19H11F6N5O2S2/c20-18(21,22)12-3-1-10(2-4-12)11-5-14(19(23,24)25)29-15(6-11)30-8-13(28-9-30)17-27-7-16(33-17)34(26,31)32/h1-9H,(H2,26,31,32). The van der Waals surface area contributed by atoms with Gasteiger partial charge in [-0.15, -0.1) is 0 Å². The van der Waals surface area contributed by atoms with Crippen molar-refractivity contribution in [1.29, 1.82) is 0 Å². The van der Waals surface area contributed by atoms with E-state index in [2.05, 4.69) is 15.0 Å². The van der Waals surface area contributed by atoms with Crippen molar-refractivity contribution in [2.75, 3.05) is 0 Å². The van der Waals surface area contributed by atoms with Gasteiger partial charge in [0.2, 0.25) is 10.0 Å². The molecular weight excluding hydrogens is 508 g/mol. The topological polar surface area (TPSA) is 104 Å². The van der Waals surface area contributed by atoms with Crippen LogP contribution in [0.4, 0.5) is 26.3 Å². The molecule has 4 aromatic rings. The normalized spacial score (nSPS) is 12.8. The quantitative estimate of drug-likeness (QED) is 0.392. The number of pyridine rings is 1. The van der Waals surface area contributed by atoms with Gasteiger partial charge in [-0.2, -0.15) is 26.3 Å². The SMILES string of the molecule is NS(=O)(=O)c1cnc(-c2cn(-c3cc(-c4ccc(C(F)(F)F)cc4)cc(C(F)(F)F)n3)cn2)s1. The number of benzene rings is 1. The smallest absolute Gasteiger partial charge is 0.290 e. The van der Waals surface area contributed by atoms with E-state index in [4.69, 9.17) is 5.14 Å². The first-order valence-corrected chi connectivity index (χ1v) is 11.4. The predicted octanol–water partition coefficient (Wildman–Crippen LogP) is 4.74. The molecule has 0 saturated carbocycles. The summed E-state index contributed by atoms with van der Waals surface area (Å²) >= 11 is 0.720. The van der Waals surface area contributed by atoms with Crippen molar-refractivity contribution >= 4 is 21.4 Å². The molecule has 3 heterocycles. The minimum absolute atomic E-state index is 0.0212. The van der Waals surface area contributed by atoms with Crippen LogP contribution in [0.3, 0.4) is 0 Å². The molecule has 0 atom stereocenters. The van der Waals surface area contributed by atoms with Crippen LogP contribution in [0.2, 0.25) is 0 Å². The number of thiazole rings is 1. The number of nitrogens with zero attached hydrogens (tertiary/aromatic N) is 4. The summed E-state index contributed by atoms with van der Waals surface area (Å²) in [7, 11) is -3.99. The molecule has 0 fully saturated rings. The average molecular weight is 519 g/mol. The zero-order valence-electron chi connectivity index (χ0n) is 16.5. The molecule has 0 aliphatic carbocycles. The van der Waals surface area contributed by atoms with E-state index in [-0.39, 0.29) is 31.9 Å². The first-order valence-electron chi connectivity index (χ1n) is 9.02. The molecule has 0 radical (unpaired) electrons.